The van der Waals surface area contributed by atoms with Crippen LogP contribution >= 0.6 is 0 Å². The van der Waals surface area contributed by atoms with Gasteiger partial charge in [0.1, 0.15) is 18.5 Å². The highest BCUT2D eigenvalue weighted by molar-refractivity contribution is 5.83. The zero-order chi connectivity index (χ0) is 14.2. The molecular formula is C12H17N3O4. The van der Waals surface area contributed by atoms with Crippen LogP contribution in [0.3, 0.4) is 0 Å². The molecule has 1 aromatic rings. The zero-order valence-corrected chi connectivity index (χ0v) is 11.1. The number of nitrogens with one attached hydrogen (secondary N) is 1. The smallest absolute Gasteiger partial charge is 0.410 e. The standard InChI is InChI=1S/C12H17N3O4/c1-12(2,3)15-10(13-11(17)18)5-8(14-15)9-4-7(16)6-19-9/h5,9,13H,4,6H2,1-3H3,(H,17,18)/t9-/m0/s1. The Hall–Kier alpha value is -1.89. The predicted molar refractivity (Wildman–Crippen MR) is 67.2 cm³/mol. The van der Waals surface area contributed by atoms with Crippen molar-refractivity contribution in [3.8, 4) is 0 Å². The largest absolute Gasteiger partial charge is 0.465 e. The van der Waals surface area contributed by atoms with E-state index in [1.165, 1.54) is 0 Å². The van der Waals surface area contributed by atoms with Crippen LogP contribution in [0, 0.1) is 0 Å². The van der Waals surface area contributed by atoms with E-state index in [1.807, 2.05) is 20.8 Å². The van der Waals surface area contributed by atoms with E-state index >= 15 is 0 Å². The molecule has 0 unspecified atom stereocenters. The fourth-order valence-corrected chi connectivity index (χ4v) is 1.97. The number of hydrogen-bond acceptors (Lipinski definition) is 4. The Balaban J connectivity index is 2.34. The molecular weight excluding hydrogens is 250 g/mol. The molecule has 0 aromatic carbocycles. The predicted octanol–water partition coefficient (Wildman–Crippen LogP) is 1.76. The second-order valence-corrected chi connectivity index (χ2v) is 5.51. The topological polar surface area (TPSA) is 93.5 Å². The number of rotatable bonds is 2. The Morgan fingerprint density at radius 2 is 2.26 bits per heavy atom. The first kappa shape index (κ1) is 13.5. The van der Waals surface area contributed by atoms with Gasteiger partial charge < -0.3 is 9.84 Å². The summed E-state index contributed by atoms with van der Waals surface area (Å²) in [5.41, 5.74) is 0.197. The highest BCUT2D eigenvalue weighted by Gasteiger charge is 2.29. The van der Waals surface area contributed by atoms with Gasteiger partial charge in [0.05, 0.1) is 11.2 Å². The van der Waals surface area contributed by atoms with Gasteiger partial charge in [-0.1, -0.05) is 0 Å². The number of nitrogens with zero attached hydrogens (tertiary/aromatic N) is 2. The molecule has 1 atom stereocenters. The minimum Gasteiger partial charge on any atom is -0.465 e. The lowest BCUT2D eigenvalue weighted by Crippen LogP contribution is -2.26. The molecule has 7 heteroatoms. The molecule has 1 aromatic heterocycles. The maximum Gasteiger partial charge on any atom is 0.410 e. The van der Waals surface area contributed by atoms with Crippen molar-refractivity contribution in [3.63, 3.8) is 0 Å². The van der Waals surface area contributed by atoms with Crippen LogP contribution in [0.15, 0.2) is 6.07 Å². The van der Waals surface area contributed by atoms with Crippen molar-refractivity contribution >= 4 is 17.7 Å². The van der Waals surface area contributed by atoms with Gasteiger partial charge >= 0.3 is 6.09 Å². The molecule has 7 nitrogen and oxygen atoms in total. The highest BCUT2D eigenvalue weighted by Crippen LogP contribution is 2.30. The monoisotopic (exact) mass is 267 g/mol. The Bertz CT molecular complexity index is 516. The second-order valence-electron chi connectivity index (χ2n) is 5.51. The van der Waals surface area contributed by atoms with Gasteiger partial charge in [0.15, 0.2) is 5.78 Å². The fourth-order valence-electron chi connectivity index (χ4n) is 1.97. The minimum absolute atomic E-state index is 0.0306. The van der Waals surface area contributed by atoms with E-state index in [-0.39, 0.29) is 30.5 Å². The van der Waals surface area contributed by atoms with Crippen LogP contribution in [-0.2, 0) is 15.1 Å². The van der Waals surface area contributed by atoms with Gasteiger partial charge in [0.2, 0.25) is 0 Å². The summed E-state index contributed by atoms with van der Waals surface area (Å²) in [7, 11) is 0. The summed E-state index contributed by atoms with van der Waals surface area (Å²) in [6.07, 6.45) is -1.25. The molecule has 19 heavy (non-hydrogen) atoms. The van der Waals surface area contributed by atoms with Gasteiger partial charge in [-0.05, 0) is 20.8 Å². The molecule has 0 radical (unpaired) electrons. The van der Waals surface area contributed by atoms with Gasteiger partial charge in [0, 0.05) is 12.5 Å². The number of aromatic nitrogens is 2. The van der Waals surface area contributed by atoms with Gasteiger partial charge in [-0.25, -0.2) is 9.48 Å². The van der Waals surface area contributed by atoms with Crippen LogP contribution in [0.1, 0.15) is 39.0 Å². The zero-order valence-electron chi connectivity index (χ0n) is 11.1. The summed E-state index contributed by atoms with van der Waals surface area (Å²) in [6, 6.07) is 1.61. The lowest BCUT2D eigenvalue weighted by molar-refractivity contribution is -0.117. The molecule has 2 rings (SSSR count). The van der Waals surface area contributed by atoms with Crippen LogP contribution in [0.2, 0.25) is 0 Å². The van der Waals surface area contributed by atoms with Crippen molar-refractivity contribution in [3.05, 3.63) is 11.8 Å². The highest BCUT2D eigenvalue weighted by atomic mass is 16.5. The maximum absolute atomic E-state index is 11.2. The van der Waals surface area contributed by atoms with Crippen LogP contribution in [0.4, 0.5) is 10.6 Å². The number of ketones is 1. The molecule has 104 valence electrons. The molecule has 0 spiro atoms. The number of Topliss-reactive ketones (excluding diaryl/α,β-unsaturated/α-hetero) is 1. The molecule has 0 aliphatic carbocycles. The van der Waals surface area contributed by atoms with E-state index in [2.05, 4.69) is 10.4 Å². The fraction of sp³-hybridized carbons (Fsp3) is 0.583. The first-order valence-electron chi connectivity index (χ1n) is 6.01. The Labute approximate surface area is 110 Å². The number of anilines is 1. The Morgan fingerprint density at radius 3 is 2.74 bits per heavy atom. The van der Waals surface area contributed by atoms with Gasteiger partial charge in [-0.15, -0.1) is 0 Å². The first-order valence-corrected chi connectivity index (χ1v) is 6.01. The number of ether oxygens (including phenoxy) is 1. The summed E-state index contributed by atoms with van der Waals surface area (Å²) < 4.78 is 6.92. The van der Waals surface area contributed by atoms with E-state index in [1.54, 1.807) is 10.7 Å². The van der Waals surface area contributed by atoms with Crippen molar-refractivity contribution in [2.75, 3.05) is 11.9 Å². The number of carbonyl (C=O) groups excluding carboxylic acids is 1. The van der Waals surface area contributed by atoms with E-state index in [9.17, 15) is 9.59 Å². The Kier molecular flexibility index (Phi) is 3.32. The van der Waals surface area contributed by atoms with E-state index in [0.29, 0.717) is 11.5 Å². The molecule has 1 aliphatic heterocycles. The molecule has 2 heterocycles. The summed E-state index contributed by atoms with van der Waals surface area (Å²) in [6.45, 7) is 5.83. The first-order chi connectivity index (χ1) is 8.77. The lowest BCUT2D eigenvalue weighted by atomic mass is 10.1. The normalized spacial score (nSPS) is 19.7. The van der Waals surface area contributed by atoms with Crippen molar-refractivity contribution in [1.82, 2.24) is 9.78 Å². The maximum atomic E-state index is 11.2. The lowest BCUT2D eigenvalue weighted by Gasteiger charge is -2.21. The third kappa shape index (κ3) is 2.93. The SMILES string of the molecule is CC(C)(C)n1nc([C@@H]2CC(=O)CO2)cc1NC(=O)O. The average Bonchev–Trinajstić information content (AvgIpc) is 2.82. The molecule has 0 bridgehead atoms. The van der Waals surface area contributed by atoms with Crippen molar-refractivity contribution in [2.45, 2.75) is 38.8 Å². The molecule has 2 N–H and O–H groups in total. The molecule has 0 saturated carbocycles. The number of carbonyl (C=O) groups is 2. The van der Waals surface area contributed by atoms with Crippen LogP contribution in [0.25, 0.3) is 0 Å². The van der Waals surface area contributed by atoms with Gasteiger partial charge in [-0.3, -0.25) is 10.1 Å². The summed E-state index contributed by atoms with van der Waals surface area (Å²) in [5.74, 6) is 0.404. The minimum atomic E-state index is -1.15. The number of carboxylic acid groups (broad SMARTS) is 1. The van der Waals surface area contributed by atoms with Crippen molar-refractivity contribution in [1.29, 1.82) is 0 Å². The third-order valence-electron chi connectivity index (χ3n) is 2.79. The van der Waals surface area contributed by atoms with E-state index in [4.69, 9.17) is 9.84 Å². The summed E-state index contributed by atoms with van der Waals surface area (Å²) in [4.78, 5) is 22.0. The molecule has 1 aliphatic rings. The van der Waals surface area contributed by atoms with Crippen molar-refractivity contribution < 1.29 is 19.4 Å². The second kappa shape index (κ2) is 4.65. The average molecular weight is 267 g/mol. The van der Waals surface area contributed by atoms with Crippen LogP contribution in [0.5, 0.6) is 0 Å². The van der Waals surface area contributed by atoms with E-state index < -0.39 is 6.09 Å². The molecule has 1 amide bonds. The molecule has 1 fully saturated rings. The van der Waals surface area contributed by atoms with Crippen molar-refractivity contribution in [2.24, 2.45) is 0 Å². The quantitative estimate of drug-likeness (QED) is 0.851. The van der Waals surface area contributed by atoms with E-state index in [0.717, 1.165) is 0 Å². The van der Waals surface area contributed by atoms with Gasteiger partial charge in [0.25, 0.3) is 0 Å². The van der Waals surface area contributed by atoms with Gasteiger partial charge in [-0.2, -0.15) is 5.10 Å². The Morgan fingerprint density at radius 1 is 1.58 bits per heavy atom. The summed E-state index contributed by atoms with van der Waals surface area (Å²) in [5, 5.41) is 15.5. The molecule has 1 saturated heterocycles. The number of amides is 1. The number of hydrogen-bond donors (Lipinski definition) is 2. The third-order valence-corrected chi connectivity index (χ3v) is 2.79. The summed E-state index contributed by atoms with van der Waals surface area (Å²) >= 11 is 0. The van der Waals surface area contributed by atoms with Crippen LogP contribution < -0.4 is 5.32 Å². The van der Waals surface area contributed by atoms with Crippen LogP contribution in [-0.4, -0.2) is 33.4 Å².